The smallest absolute Gasteiger partial charge is 0.255 e. The minimum atomic E-state index is 0.199. The molecule has 0 saturated heterocycles. The van der Waals surface area contributed by atoms with Gasteiger partial charge in [0.1, 0.15) is 17.1 Å². The van der Waals surface area contributed by atoms with Crippen LogP contribution < -0.4 is 15.2 Å². The first-order valence-electron chi connectivity index (χ1n) is 5.04. The summed E-state index contributed by atoms with van der Waals surface area (Å²) in [5.74, 6) is 1.92. The van der Waals surface area contributed by atoms with Crippen LogP contribution in [0.1, 0.15) is 5.89 Å². The molecule has 0 spiro atoms. The Kier molecular flexibility index (Phi) is 3.24. The molecule has 0 aliphatic heterocycles. The Bertz CT molecular complexity index is 488. The maximum Gasteiger partial charge on any atom is 0.255 e. The third-order valence-corrected chi connectivity index (χ3v) is 2.28. The van der Waals surface area contributed by atoms with Crippen molar-refractivity contribution in [2.45, 2.75) is 6.54 Å². The molecule has 2 aromatic rings. The molecule has 0 bridgehead atoms. The van der Waals surface area contributed by atoms with Gasteiger partial charge in [-0.3, -0.25) is 0 Å². The van der Waals surface area contributed by atoms with Crippen LogP contribution in [0.5, 0.6) is 11.5 Å². The summed E-state index contributed by atoms with van der Waals surface area (Å²) < 4.78 is 15.9. The predicted octanol–water partition coefficient (Wildman–Crippen LogP) is 1.21. The van der Waals surface area contributed by atoms with E-state index < -0.39 is 0 Å². The van der Waals surface area contributed by atoms with Crippen molar-refractivity contribution in [3.8, 4) is 23.0 Å². The first-order valence-corrected chi connectivity index (χ1v) is 5.04. The van der Waals surface area contributed by atoms with E-state index in [0.717, 1.165) is 0 Å². The molecule has 6 heteroatoms. The van der Waals surface area contributed by atoms with Crippen molar-refractivity contribution >= 4 is 0 Å². The molecular weight excluding hydrogens is 222 g/mol. The van der Waals surface area contributed by atoms with Crippen LogP contribution in [0.15, 0.2) is 22.6 Å². The lowest BCUT2D eigenvalue weighted by Crippen LogP contribution is -1.95. The van der Waals surface area contributed by atoms with Crippen LogP contribution >= 0.6 is 0 Å². The summed E-state index contributed by atoms with van der Waals surface area (Å²) in [5, 5.41) is 7.73. The first-order chi connectivity index (χ1) is 8.30. The Morgan fingerprint density at radius 2 is 1.82 bits per heavy atom. The summed E-state index contributed by atoms with van der Waals surface area (Å²) >= 11 is 0. The van der Waals surface area contributed by atoms with E-state index in [4.69, 9.17) is 19.6 Å². The highest BCUT2D eigenvalue weighted by atomic mass is 16.5. The topological polar surface area (TPSA) is 83.4 Å². The van der Waals surface area contributed by atoms with Crippen LogP contribution in [-0.4, -0.2) is 24.4 Å². The van der Waals surface area contributed by atoms with Gasteiger partial charge in [-0.1, -0.05) is 6.07 Å². The van der Waals surface area contributed by atoms with E-state index in [1.54, 1.807) is 26.4 Å². The number of aromatic nitrogens is 2. The van der Waals surface area contributed by atoms with Crippen LogP contribution in [0.2, 0.25) is 0 Å². The fraction of sp³-hybridized carbons (Fsp3) is 0.273. The van der Waals surface area contributed by atoms with Crippen LogP contribution in [0, 0.1) is 0 Å². The van der Waals surface area contributed by atoms with E-state index in [1.165, 1.54) is 0 Å². The van der Waals surface area contributed by atoms with Gasteiger partial charge in [0.05, 0.1) is 20.8 Å². The maximum atomic E-state index is 5.42. The molecule has 6 nitrogen and oxygen atoms in total. The SMILES string of the molecule is COc1cccc(OC)c1-c1nnc(CN)o1. The van der Waals surface area contributed by atoms with Crippen molar-refractivity contribution < 1.29 is 13.9 Å². The van der Waals surface area contributed by atoms with Crippen molar-refractivity contribution in [2.75, 3.05) is 14.2 Å². The lowest BCUT2D eigenvalue weighted by Gasteiger charge is -2.09. The van der Waals surface area contributed by atoms with Gasteiger partial charge < -0.3 is 19.6 Å². The van der Waals surface area contributed by atoms with E-state index in [0.29, 0.717) is 28.8 Å². The zero-order valence-corrected chi connectivity index (χ0v) is 9.64. The largest absolute Gasteiger partial charge is 0.496 e. The van der Waals surface area contributed by atoms with Crippen LogP contribution in [0.25, 0.3) is 11.5 Å². The number of hydrogen-bond donors (Lipinski definition) is 1. The molecule has 0 aliphatic carbocycles. The van der Waals surface area contributed by atoms with Gasteiger partial charge in [0.15, 0.2) is 0 Å². The van der Waals surface area contributed by atoms with E-state index in [9.17, 15) is 0 Å². The molecule has 1 aromatic carbocycles. The number of ether oxygens (including phenoxy) is 2. The third-order valence-electron chi connectivity index (χ3n) is 2.28. The Morgan fingerprint density at radius 3 is 2.29 bits per heavy atom. The number of rotatable bonds is 4. The number of methoxy groups -OCH3 is 2. The second-order valence-electron chi connectivity index (χ2n) is 3.24. The zero-order chi connectivity index (χ0) is 12.3. The van der Waals surface area contributed by atoms with E-state index in [-0.39, 0.29) is 6.54 Å². The molecule has 0 unspecified atom stereocenters. The highest BCUT2D eigenvalue weighted by molar-refractivity contribution is 5.70. The zero-order valence-electron chi connectivity index (χ0n) is 9.64. The van der Waals surface area contributed by atoms with Crippen LogP contribution in [-0.2, 0) is 6.54 Å². The van der Waals surface area contributed by atoms with Gasteiger partial charge >= 0.3 is 0 Å². The van der Waals surface area contributed by atoms with Gasteiger partial charge in [-0.25, -0.2) is 0 Å². The second kappa shape index (κ2) is 4.84. The summed E-state index contributed by atoms with van der Waals surface area (Å²) in [6.07, 6.45) is 0. The molecular formula is C11H13N3O3. The lowest BCUT2D eigenvalue weighted by molar-refractivity contribution is 0.393. The summed E-state index contributed by atoms with van der Waals surface area (Å²) in [4.78, 5) is 0. The summed E-state index contributed by atoms with van der Waals surface area (Å²) in [7, 11) is 3.14. The number of nitrogens with zero attached hydrogens (tertiary/aromatic N) is 2. The molecule has 0 aliphatic rings. The fourth-order valence-electron chi connectivity index (χ4n) is 1.50. The van der Waals surface area contributed by atoms with Crippen molar-refractivity contribution in [3.63, 3.8) is 0 Å². The average Bonchev–Trinajstić information content (AvgIpc) is 2.86. The van der Waals surface area contributed by atoms with Crippen LogP contribution in [0.3, 0.4) is 0 Å². The third kappa shape index (κ3) is 2.07. The minimum absolute atomic E-state index is 0.199. The highest BCUT2D eigenvalue weighted by Crippen LogP contribution is 2.37. The van der Waals surface area contributed by atoms with Crippen molar-refractivity contribution in [1.82, 2.24) is 10.2 Å². The average molecular weight is 235 g/mol. The molecule has 2 rings (SSSR count). The fourth-order valence-corrected chi connectivity index (χ4v) is 1.50. The summed E-state index contributed by atoms with van der Waals surface area (Å²) in [5.41, 5.74) is 6.05. The normalized spacial score (nSPS) is 10.3. The standard InChI is InChI=1S/C11H13N3O3/c1-15-7-4-3-5-8(16-2)10(7)11-14-13-9(6-12)17-11/h3-5H,6,12H2,1-2H3. The Hall–Kier alpha value is -2.08. The van der Waals surface area contributed by atoms with Gasteiger partial charge in [0.25, 0.3) is 5.89 Å². The Balaban J connectivity index is 2.55. The Morgan fingerprint density at radius 1 is 1.18 bits per heavy atom. The van der Waals surface area contributed by atoms with Crippen LogP contribution in [0.4, 0.5) is 0 Å². The lowest BCUT2D eigenvalue weighted by atomic mass is 10.2. The van der Waals surface area contributed by atoms with E-state index in [2.05, 4.69) is 10.2 Å². The molecule has 0 saturated carbocycles. The van der Waals surface area contributed by atoms with Gasteiger partial charge in [-0.2, -0.15) is 0 Å². The number of hydrogen-bond acceptors (Lipinski definition) is 6. The molecule has 90 valence electrons. The van der Waals surface area contributed by atoms with E-state index >= 15 is 0 Å². The molecule has 17 heavy (non-hydrogen) atoms. The van der Waals surface area contributed by atoms with Crippen molar-refractivity contribution in [2.24, 2.45) is 5.73 Å². The molecule has 1 aromatic heterocycles. The van der Waals surface area contributed by atoms with Gasteiger partial charge in [-0.05, 0) is 12.1 Å². The number of benzene rings is 1. The van der Waals surface area contributed by atoms with Gasteiger partial charge in [0, 0.05) is 0 Å². The Labute approximate surface area is 98.4 Å². The monoisotopic (exact) mass is 235 g/mol. The first kappa shape index (κ1) is 11.4. The molecule has 0 radical (unpaired) electrons. The number of nitrogens with two attached hydrogens (primary N) is 1. The van der Waals surface area contributed by atoms with Gasteiger partial charge in [-0.15, -0.1) is 10.2 Å². The highest BCUT2D eigenvalue weighted by Gasteiger charge is 2.18. The van der Waals surface area contributed by atoms with E-state index in [1.807, 2.05) is 6.07 Å². The minimum Gasteiger partial charge on any atom is -0.496 e. The van der Waals surface area contributed by atoms with Crippen molar-refractivity contribution in [1.29, 1.82) is 0 Å². The summed E-state index contributed by atoms with van der Waals surface area (Å²) in [6, 6.07) is 5.41. The molecule has 1 heterocycles. The maximum absolute atomic E-state index is 5.42. The molecule has 2 N–H and O–H groups in total. The van der Waals surface area contributed by atoms with Gasteiger partial charge in [0.2, 0.25) is 5.89 Å². The molecule has 0 amide bonds. The second-order valence-corrected chi connectivity index (χ2v) is 3.24. The predicted molar refractivity (Wildman–Crippen MR) is 60.7 cm³/mol. The van der Waals surface area contributed by atoms with Crippen molar-refractivity contribution in [3.05, 3.63) is 24.1 Å². The molecule has 0 fully saturated rings. The molecule has 0 atom stereocenters. The summed E-state index contributed by atoms with van der Waals surface area (Å²) in [6.45, 7) is 0.199. The quantitative estimate of drug-likeness (QED) is 0.857.